The van der Waals surface area contributed by atoms with Crippen LogP contribution in [0.3, 0.4) is 0 Å². The van der Waals surface area contributed by atoms with Crippen molar-refractivity contribution in [3.05, 3.63) is 11.6 Å². The van der Waals surface area contributed by atoms with E-state index in [9.17, 15) is 4.79 Å². The van der Waals surface area contributed by atoms with E-state index in [2.05, 4.69) is 11.8 Å². The molecule has 0 aliphatic carbocycles. The molecule has 0 bridgehead atoms. The van der Waals surface area contributed by atoms with Gasteiger partial charge < -0.3 is 4.74 Å². The molecule has 0 rings (SSSR count). The lowest BCUT2D eigenvalue weighted by atomic mass is 10.2. The Labute approximate surface area is 73.6 Å². The average molecular weight is 166 g/mol. The first kappa shape index (κ1) is 10.8. The summed E-state index contributed by atoms with van der Waals surface area (Å²) in [6.07, 6.45) is 1.63. The van der Waals surface area contributed by atoms with E-state index < -0.39 is 0 Å². The Hall–Kier alpha value is -1.23. The molecule has 0 spiro atoms. The second kappa shape index (κ2) is 5.42. The number of esters is 1. The molecule has 0 N–H and O–H groups in total. The number of hydrogen-bond acceptors (Lipinski definition) is 2. The predicted molar refractivity (Wildman–Crippen MR) is 48.4 cm³/mol. The van der Waals surface area contributed by atoms with Gasteiger partial charge in [-0.25, -0.2) is 0 Å². The van der Waals surface area contributed by atoms with Crippen LogP contribution in [-0.4, -0.2) is 12.1 Å². The van der Waals surface area contributed by atoms with Crippen LogP contribution in [0.4, 0.5) is 0 Å². The molecular formula is C10H14O2. The van der Waals surface area contributed by atoms with Gasteiger partial charge in [0.2, 0.25) is 0 Å². The lowest BCUT2D eigenvalue weighted by molar-refractivity contribution is -0.143. The number of hydrogen-bond donors (Lipinski definition) is 0. The van der Waals surface area contributed by atoms with E-state index in [0.717, 1.165) is 5.57 Å². The molecule has 0 amide bonds. The van der Waals surface area contributed by atoms with Gasteiger partial charge in [-0.05, 0) is 32.4 Å². The number of carbonyl (C=O) groups is 1. The van der Waals surface area contributed by atoms with E-state index >= 15 is 0 Å². The first-order chi connectivity index (χ1) is 5.56. The van der Waals surface area contributed by atoms with Gasteiger partial charge in [-0.15, -0.1) is 5.92 Å². The van der Waals surface area contributed by atoms with E-state index in [1.807, 2.05) is 19.9 Å². The Morgan fingerprint density at radius 1 is 1.50 bits per heavy atom. The molecule has 2 nitrogen and oxygen atoms in total. The molecule has 0 fully saturated rings. The third-order valence-corrected chi connectivity index (χ3v) is 1.16. The van der Waals surface area contributed by atoms with Gasteiger partial charge in [0.15, 0.2) is 0 Å². The summed E-state index contributed by atoms with van der Waals surface area (Å²) >= 11 is 0. The second-order valence-corrected chi connectivity index (χ2v) is 2.54. The molecule has 2 heteroatoms. The molecule has 0 radical (unpaired) electrons. The lowest BCUT2D eigenvalue weighted by Crippen LogP contribution is -2.09. The van der Waals surface area contributed by atoms with Crippen molar-refractivity contribution in [1.29, 1.82) is 0 Å². The molecule has 12 heavy (non-hydrogen) atoms. The summed E-state index contributed by atoms with van der Waals surface area (Å²) in [6.45, 7) is 6.86. The molecule has 0 aliphatic rings. The van der Waals surface area contributed by atoms with Crippen molar-refractivity contribution in [2.24, 2.45) is 0 Å². The molecule has 0 saturated carbocycles. The van der Waals surface area contributed by atoms with E-state index in [1.54, 1.807) is 6.92 Å². The molecule has 1 unspecified atom stereocenters. The van der Waals surface area contributed by atoms with E-state index in [4.69, 9.17) is 4.74 Å². The highest BCUT2D eigenvalue weighted by Crippen LogP contribution is 1.98. The largest absolute Gasteiger partial charge is 0.459 e. The fourth-order valence-corrected chi connectivity index (χ4v) is 0.887. The number of allylic oxidation sites excluding steroid dienone is 1. The van der Waals surface area contributed by atoms with Crippen molar-refractivity contribution in [2.75, 3.05) is 0 Å². The van der Waals surface area contributed by atoms with E-state index in [0.29, 0.717) is 0 Å². The van der Waals surface area contributed by atoms with Gasteiger partial charge in [0.05, 0.1) is 0 Å². The minimum atomic E-state index is -0.268. The van der Waals surface area contributed by atoms with Crippen LogP contribution < -0.4 is 0 Å². The van der Waals surface area contributed by atoms with Crippen LogP contribution in [0.25, 0.3) is 0 Å². The van der Waals surface area contributed by atoms with Crippen LogP contribution in [-0.2, 0) is 9.53 Å². The molecule has 1 atom stereocenters. The Kier molecular flexibility index (Phi) is 4.87. The summed E-state index contributed by atoms with van der Waals surface area (Å²) in [7, 11) is 0. The molecular weight excluding hydrogens is 152 g/mol. The Balaban J connectivity index is 4.10. The molecule has 0 aromatic carbocycles. The van der Waals surface area contributed by atoms with Gasteiger partial charge in [0, 0.05) is 6.92 Å². The van der Waals surface area contributed by atoms with Crippen LogP contribution in [0.1, 0.15) is 27.7 Å². The van der Waals surface area contributed by atoms with Crippen LogP contribution in [0, 0.1) is 11.8 Å². The van der Waals surface area contributed by atoms with Gasteiger partial charge in [-0.1, -0.05) is 5.92 Å². The lowest BCUT2D eigenvalue weighted by Gasteiger charge is -2.06. The zero-order chi connectivity index (χ0) is 9.56. The van der Waals surface area contributed by atoms with Gasteiger partial charge in [-0.2, -0.15) is 0 Å². The highest BCUT2D eigenvalue weighted by atomic mass is 16.5. The minimum Gasteiger partial charge on any atom is -0.459 e. The van der Waals surface area contributed by atoms with Gasteiger partial charge >= 0.3 is 5.97 Å². The summed E-state index contributed by atoms with van der Waals surface area (Å²) in [5.74, 6) is 5.37. The van der Waals surface area contributed by atoms with Gasteiger partial charge in [0.1, 0.15) is 6.10 Å². The highest BCUT2D eigenvalue weighted by Gasteiger charge is 2.00. The van der Waals surface area contributed by atoms with Gasteiger partial charge in [-0.3, -0.25) is 4.79 Å². The maximum Gasteiger partial charge on any atom is 0.303 e. The smallest absolute Gasteiger partial charge is 0.303 e. The molecule has 0 saturated heterocycles. The quantitative estimate of drug-likeness (QED) is 0.462. The van der Waals surface area contributed by atoms with Crippen LogP contribution in [0.5, 0.6) is 0 Å². The molecule has 0 aromatic rings. The predicted octanol–water partition coefficient (Wildman–Crippen LogP) is 1.91. The normalized spacial score (nSPS) is 12.8. The third-order valence-electron chi connectivity index (χ3n) is 1.16. The van der Waals surface area contributed by atoms with Crippen molar-refractivity contribution in [2.45, 2.75) is 33.8 Å². The zero-order valence-corrected chi connectivity index (χ0v) is 7.97. The van der Waals surface area contributed by atoms with Crippen LogP contribution >= 0.6 is 0 Å². The Morgan fingerprint density at radius 2 is 2.08 bits per heavy atom. The summed E-state index contributed by atoms with van der Waals surface area (Å²) < 4.78 is 4.88. The second-order valence-electron chi connectivity index (χ2n) is 2.54. The maximum absolute atomic E-state index is 10.5. The molecule has 0 heterocycles. The molecule has 0 aromatic heterocycles. The van der Waals surface area contributed by atoms with Crippen molar-refractivity contribution in [3.63, 3.8) is 0 Å². The number of rotatable bonds is 2. The van der Waals surface area contributed by atoms with E-state index in [1.165, 1.54) is 6.92 Å². The van der Waals surface area contributed by atoms with Crippen LogP contribution in [0.2, 0.25) is 0 Å². The highest BCUT2D eigenvalue weighted by molar-refractivity contribution is 5.66. The third kappa shape index (κ3) is 5.55. The maximum atomic E-state index is 10.5. The first-order valence-electron chi connectivity index (χ1n) is 3.84. The number of ether oxygens (including phenoxy) is 1. The summed E-state index contributed by atoms with van der Waals surface area (Å²) in [4.78, 5) is 10.5. The monoisotopic (exact) mass is 166 g/mol. The van der Waals surface area contributed by atoms with Gasteiger partial charge in [0.25, 0.3) is 0 Å². The summed E-state index contributed by atoms with van der Waals surface area (Å²) in [5, 5.41) is 0. The fourth-order valence-electron chi connectivity index (χ4n) is 0.887. The molecule has 66 valence electrons. The molecule has 0 aliphatic heterocycles. The van der Waals surface area contributed by atoms with Crippen molar-refractivity contribution in [3.8, 4) is 11.8 Å². The summed E-state index contributed by atoms with van der Waals surface area (Å²) in [6, 6.07) is 0. The number of carbonyl (C=O) groups excluding carboxylic acids is 1. The average Bonchev–Trinajstić information content (AvgIpc) is 1.84. The summed E-state index contributed by atoms with van der Waals surface area (Å²) in [5.41, 5.74) is 0.922. The van der Waals surface area contributed by atoms with Crippen molar-refractivity contribution >= 4 is 5.97 Å². The minimum absolute atomic E-state index is 0.191. The Bertz CT molecular complexity index is 240. The zero-order valence-electron chi connectivity index (χ0n) is 7.97. The Morgan fingerprint density at radius 3 is 2.50 bits per heavy atom. The first-order valence-corrected chi connectivity index (χ1v) is 3.84. The van der Waals surface area contributed by atoms with E-state index in [-0.39, 0.29) is 12.1 Å². The standard InChI is InChI=1S/C10H14O2/c1-5-6-8(2)7-9(3)12-10(4)11/h7,9H,1-4H3/b8-7+. The SMILES string of the molecule is CC#C/C(C)=C/C(C)OC(C)=O. The fraction of sp³-hybridized carbons (Fsp3) is 0.500. The van der Waals surface area contributed by atoms with Crippen molar-refractivity contribution in [1.82, 2.24) is 0 Å². The van der Waals surface area contributed by atoms with Crippen molar-refractivity contribution < 1.29 is 9.53 Å². The van der Waals surface area contributed by atoms with Crippen LogP contribution in [0.15, 0.2) is 11.6 Å². The topological polar surface area (TPSA) is 26.3 Å².